The second kappa shape index (κ2) is 5.52. The lowest BCUT2D eigenvalue weighted by atomic mass is 9.92. The van der Waals surface area contributed by atoms with E-state index in [0.29, 0.717) is 0 Å². The Hall–Kier alpha value is -1.34. The van der Waals surface area contributed by atoms with Crippen LogP contribution in [-0.2, 0) is 6.54 Å². The van der Waals surface area contributed by atoms with E-state index in [9.17, 15) is 0 Å². The first kappa shape index (κ1) is 11.7. The molecule has 4 heteroatoms. The number of nitrogens with one attached hydrogen (secondary N) is 1. The van der Waals surface area contributed by atoms with Crippen LogP contribution in [0.5, 0.6) is 0 Å². The van der Waals surface area contributed by atoms with Gasteiger partial charge in [-0.25, -0.2) is 4.98 Å². The van der Waals surface area contributed by atoms with E-state index < -0.39 is 0 Å². The van der Waals surface area contributed by atoms with Crippen LogP contribution in [0.15, 0.2) is 18.7 Å². The zero-order valence-corrected chi connectivity index (χ0v) is 9.40. The van der Waals surface area contributed by atoms with E-state index in [1.165, 1.54) is 0 Å². The Balaban J connectivity index is 2.06. The van der Waals surface area contributed by atoms with Gasteiger partial charge in [-0.2, -0.15) is 5.26 Å². The van der Waals surface area contributed by atoms with Crippen molar-refractivity contribution < 1.29 is 0 Å². The lowest BCUT2D eigenvalue weighted by molar-refractivity contribution is 0.428. The molecule has 1 aromatic rings. The van der Waals surface area contributed by atoms with Crippen molar-refractivity contribution in [2.75, 3.05) is 13.1 Å². The molecule has 0 fully saturated rings. The quantitative estimate of drug-likeness (QED) is 0.716. The summed E-state index contributed by atoms with van der Waals surface area (Å²) < 4.78 is 2.03. The van der Waals surface area contributed by atoms with Crippen molar-refractivity contribution in [3.63, 3.8) is 0 Å². The minimum absolute atomic E-state index is 0.220. The van der Waals surface area contributed by atoms with Gasteiger partial charge in [-0.05, 0) is 26.8 Å². The Morgan fingerprint density at radius 2 is 2.27 bits per heavy atom. The molecule has 1 aromatic heterocycles. The molecule has 1 N–H and O–H groups in total. The van der Waals surface area contributed by atoms with Gasteiger partial charge in [0.2, 0.25) is 0 Å². The second-order valence-electron chi connectivity index (χ2n) is 4.30. The molecule has 0 amide bonds. The van der Waals surface area contributed by atoms with Crippen molar-refractivity contribution in [2.24, 2.45) is 5.41 Å². The summed E-state index contributed by atoms with van der Waals surface area (Å²) in [5.74, 6) is 0. The van der Waals surface area contributed by atoms with Crippen LogP contribution in [0.2, 0.25) is 0 Å². The van der Waals surface area contributed by atoms with Gasteiger partial charge < -0.3 is 9.88 Å². The molecule has 0 unspecified atom stereocenters. The first-order chi connectivity index (χ1) is 7.14. The van der Waals surface area contributed by atoms with Crippen LogP contribution >= 0.6 is 0 Å². The maximum absolute atomic E-state index is 8.81. The van der Waals surface area contributed by atoms with Crippen molar-refractivity contribution in [1.82, 2.24) is 14.9 Å². The molecule has 0 bridgehead atoms. The van der Waals surface area contributed by atoms with E-state index in [-0.39, 0.29) is 5.41 Å². The maximum atomic E-state index is 8.81. The summed E-state index contributed by atoms with van der Waals surface area (Å²) in [6, 6.07) is 2.29. The summed E-state index contributed by atoms with van der Waals surface area (Å²) in [7, 11) is 0. The highest BCUT2D eigenvalue weighted by molar-refractivity contribution is 4.91. The first-order valence-corrected chi connectivity index (χ1v) is 5.22. The van der Waals surface area contributed by atoms with E-state index in [2.05, 4.69) is 16.4 Å². The van der Waals surface area contributed by atoms with Crippen molar-refractivity contribution in [3.8, 4) is 6.07 Å². The smallest absolute Gasteiger partial charge is 0.0946 e. The first-order valence-electron chi connectivity index (χ1n) is 5.22. The third-order valence-corrected chi connectivity index (χ3v) is 2.34. The van der Waals surface area contributed by atoms with Gasteiger partial charge in [0, 0.05) is 25.5 Å². The fourth-order valence-corrected chi connectivity index (χ4v) is 1.21. The molecule has 0 aliphatic rings. The number of aromatic nitrogens is 2. The summed E-state index contributed by atoms with van der Waals surface area (Å²) in [6.07, 6.45) is 6.41. The largest absolute Gasteiger partial charge is 0.336 e. The Bertz CT molecular complexity index is 308. The van der Waals surface area contributed by atoms with E-state index in [1.807, 2.05) is 24.6 Å². The third-order valence-electron chi connectivity index (χ3n) is 2.34. The summed E-state index contributed by atoms with van der Waals surface area (Å²) in [4.78, 5) is 3.97. The lowest BCUT2D eigenvalue weighted by Gasteiger charge is -2.15. The fourth-order valence-electron chi connectivity index (χ4n) is 1.21. The minimum atomic E-state index is -0.220. The number of hydrogen-bond donors (Lipinski definition) is 1. The monoisotopic (exact) mass is 206 g/mol. The van der Waals surface area contributed by atoms with Crippen LogP contribution in [0, 0.1) is 16.7 Å². The molecule has 0 saturated carbocycles. The molecule has 0 radical (unpaired) electrons. The molecule has 0 saturated heterocycles. The van der Waals surface area contributed by atoms with Gasteiger partial charge in [-0.3, -0.25) is 0 Å². The molecule has 1 heterocycles. The van der Waals surface area contributed by atoms with Crippen LogP contribution in [-0.4, -0.2) is 22.6 Å². The van der Waals surface area contributed by atoms with Gasteiger partial charge in [0.15, 0.2) is 0 Å². The van der Waals surface area contributed by atoms with Crippen LogP contribution in [0.1, 0.15) is 20.3 Å². The van der Waals surface area contributed by atoms with Crippen molar-refractivity contribution in [3.05, 3.63) is 18.7 Å². The van der Waals surface area contributed by atoms with E-state index in [0.717, 1.165) is 26.1 Å². The summed E-state index contributed by atoms with van der Waals surface area (Å²) >= 11 is 0. The Kier molecular flexibility index (Phi) is 4.32. The van der Waals surface area contributed by atoms with Gasteiger partial charge in [0.05, 0.1) is 17.8 Å². The summed E-state index contributed by atoms with van der Waals surface area (Å²) in [5.41, 5.74) is -0.220. The minimum Gasteiger partial charge on any atom is -0.336 e. The molecule has 0 aliphatic carbocycles. The number of nitrogens with zero attached hydrogens (tertiary/aromatic N) is 3. The normalized spacial score (nSPS) is 11.3. The molecule has 0 atom stereocenters. The molecular weight excluding hydrogens is 188 g/mol. The Morgan fingerprint density at radius 3 is 2.87 bits per heavy atom. The highest BCUT2D eigenvalue weighted by Crippen LogP contribution is 2.16. The molecule has 1 rings (SSSR count). The van der Waals surface area contributed by atoms with Gasteiger partial charge in [0.25, 0.3) is 0 Å². The molecular formula is C11H18N4. The van der Waals surface area contributed by atoms with Crippen LogP contribution in [0.4, 0.5) is 0 Å². The maximum Gasteiger partial charge on any atom is 0.0946 e. The third kappa shape index (κ3) is 4.61. The molecule has 82 valence electrons. The summed E-state index contributed by atoms with van der Waals surface area (Å²) in [5, 5.41) is 12.1. The van der Waals surface area contributed by atoms with E-state index >= 15 is 0 Å². The van der Waals surface area contributed by atoms with Crippen molar-refractivity contribution in [1.29, 1.82) is 5.26 Å². The van der Waals surface area contributed by atoms with Gasteiger partial charge in [0.1, 0.15) is 0 Å². The van der Waals surface area contributed by atoms with E-state index in [4.69, 9.17) is 5.26 Å². The van der Waals surface area contributed by atoms with Crippen molar-refractivity contribution in [2.45, 2.75) is 26.8 Å². The predicted molar refractivity (Wildman–Crippen MR) is 59.1 cm³/mol. The van der Waals surface area contributed by atoms with Gasteiger partial charge in [-0.15, -0.1) is 0 Å². The standard InChI is InChI=1S/C11H18N4/c1-11(2,9-12)3-4-13-5-7-15-8-6-14-10-15/h6,8,10,13H,3-5,7H2,1-2H3. The molecule has 0 aliphatic heterocycles. The second-order valence-corrected chi connectivity index (χ2v) is 4.30. The van der Waals surface area contributed by atoms with Crippen LogP contribution in [0.3, 0.4) is 0 Å². The van der Waals surface area contributed by atoms with Gasteiger partial charge in [-0.1, -0.05) is 0 Å². The Labute approximate surface area is 90.9 Å². The summed E-state index contributed by atoms with van der Waals surface area (Å²) in [6.45, 7) is 6.65. The number of imidazole rings is 1. The van der Waals surface area contributed by atoms with Crippen LogP contribution < -0.4 is 5.32 Å². The average molecular weight is 206 g/mol. The van der Waals surface area contributed by atoms with Crippen molar-refractivity contribution >= 4 is 0 Å². The zero-order chi connectivity index (χ0) is 11.1. The number of nitriles is 1. The molecule has 0 aromatic carbocycles. The highest BCUT2D eigenvalue weighted by Gasteiger charge is 2.14. The lowest BCUT2D eigenvalue weighted by Crippen LogP contribution is -2.24. The topological polar surface area (TPSA) is 53.6 Å². The SMILES string of the molecule is CC(C)(C#N)CCNCCn1ccnc1. The highest BCUT2D eigenvalue weighted by atomic mass is 15.0. The predicted octanol–water partition coefficient (Wildman–Crippen LogP) is 1.41. The number of hydrogen-bond acceptors (Lipinski definition) is 3. The Morgan fingerprint density at radius 1 is 1.47 bits per heavy atom. The van der Waals surface area contributed by atoms with Gasteiger partial charge >= 0.3 is 0 Å². The molecule has 4 nitrogen and oxygen atoms in total. The van der Waals surface area contributed by atoms with E-state index in [1.54, 1.807) is 12.5 Å². The number of rotatable bonds is 6. The average Bonchev–Trinajstić information content (AvgIpc) is 2.70. The fraction of sp³-hybridized carbons (Fsp3) is 0.636. The van der Waals surface area contributed by atoms with Crippen LogP contribution in [0.25, 0.3) is 0 Å². The molecule has 15 heavy (non-hydrogen) atoms. The zero-order valence-electron chi connectivity index (χ0n) is 9.40. The molecule has 0 spiro atoms.